The molecule has 5 nitrogen and oxygen atoms in total. The summed E-state index contributed by atoms with van der Waals surface area (Å²) in [7, 11) is 0. The summed E-state index contributed by atoms with van der Waals surface area (Å²) in [6.07, 6.45) is 13.5. The van der Waals surface area contributed by atoms with E-state index in [4.69, 9.17) is 10.3 Å². The van der Waals surface area contributed by atoms with Crippen LogP contribution in [0.3, 0.4) is 0 Å². The fraction of sp³-hybridized carbons (Fsp3) is 0.500. The lowest BCUT2D eigenvalue weighted by atomic mass is 9.96. The largest absolute Gasteiger partial charge is 0.462 e. The summed E-state index contributed by atoms with van der Waals surface area (Å²) in [5.74, 6) is -0.617. The highest BCUT2D eigenvalue weighted by atomic mass is 16.5. The number of benzene rings is 1. The molecule has 0 saturated heterocycles. The molecule has 0 aliphatic heterocycles. The zero-order valence-electron chi connectivity index (χ0n) is 16.8. The van der Waals surface area contributed by atoms with Crippen LogP contribution in [0.4, 0.5) is 0 Å². The summed E-state index contributed by atoms with van der Waals surface area (Å²) in [5, 5.41) is 3.40. The van der Waals surface area contributed by atoms with Crippen LogP contribution in [0.2, 0.25) is 0 Å². The minimum absolute atomic E-state index is 0.0445. The van der Waals surface area contributed by atoms with E-state index in [0.29, 0.717) is 0 Å². The van der Waals surface area contributed by atoms with Crippen molar-refractivity contribution in [3.05, 3.63) is 63.2 Å². The Bertz CT molecular complexity index is 702. The fourth-order valence-corrected chi connectivity index (χ4v) is 2.88. The average molecular weight is 370 g/mol. The van der Waals surface area contributed by atoms with Crippen molar-refractivity contribution in [2.45, 2.75) is 65.7 Å². The molecule has 0 unspecified atom stereocenters. The van der Waals surface area contributed by atoms with Crippen LogP contribution < -0.4 is 0 Å². The van der Waals surface area contributed by atoms with E-state index < -0.39 is 5.97 Å². The normalized spacial score (nSPS) is 11.4. The van der Waals surface area contributed by atoms with Crippen LogP contribution in [0.5, 0.6) is 0 Å². The van der Waals surface area contributed by atoms with Gasteiger partial charge in [0.25, 0.3) is 0 Å². The molecule has 1 aromatic carbocycles. The van der Waals surface area contributed by atoms with Gasteiger partial charge in [0.15, 0.2) is 0 Å². The van der Waals surface area contributed by atoms with Gasteiger partial charge >= 0.3 is 5.97 Å². The van der Waals surface area contributed by atoms with Gasteiger partial charge in [0, 0.05) is 4.91 Å². The van der Waals surface area contributed by atoms with Crippen LogP contribution in [0.15, 0.2) is 41.2 Å². The van der Waals surface area contributed by atoms with E-state index in [1.165, 1.54) is 42.9 Å². The van der Waals surface area contributed by atoms with Crippen LogP contribution in [0.25, 0.3) is 16.5 Å². The second kappa shape index (κ2) is 13.7. The van der Waals surface area contributed by atoms with Crippen molar-refractivity contribution in [2.24, 2.45) is 5.11 Å². The second-order valence-corrected chi connectivity index (χ2v) is 6.41. The van der Waals surface area contributed by atoms with Crippen molar-refractivity contribution in [2.75, 3.05) is 6.61 Å². The number of ether oxygens (including phenoxy) is 1. The molecule has 0 aromatic heterocycles. The van der Waals surface area contributed by atoms with Crippen molar-refractivity contribution in [1.29, 1.82) is 0 Å². The van der Waals surface area contributed by atoms with Crippen LogP contribution in [0.1, 0.15) is 69.6 Å². The third-order valence-electron chi connectivity index (χ3n) is 4.23. The van der Waals surface area contributed by atoms with Gasteiger partial charge in [-0.15, -0.1) is 0 Å². The molecule has 0 N–H and O–H groups in total. The Labute approximate surface area is 162 Å². The first kappa shape index (κ1) is 22.5. The maximum atomic E-state index is 11.7. The van der Waals surface area contributed by atoms with Gasteiger partial charge in [0.05, 0.1) is 6.61 Å². The summed E-state index contributed by atoms with van der Waals surface area (Å²) < 4.78 is 4.87. The van der Waals surface area contributed by atoms with E-state index in [1.807, 2.05) is 6.08 Å². The maximum Gasteiger partial charge on any atom is 0.340 e. The Morgan fingerprint density at radius 1 is 1.11 bits per heavy atom. The Kier molecular flexibility index (Phi) is 11.4. The Morgan fingerprint density at radius 2 is 1.93 bits per heavy atom. The van der Waals surface area contributed by atoms with Crippen molar-refractivity contribution in [3.63, 3.8) is 0 Å². The smallest absolute Gasteiger partial charge is 0.340 e. The predicted octanol–water partition coefficient (Wildman–Crippen LogP) is 6.53. The molecule has 0 spiro atoms. The third-order valence-corrected chi connectivity index (χ3v) is 4.23. The predicted molar refractivity (Wildman–Crippen MR) is 111 cm³/mol. The molecule has 0 saturated carbocycles. The molecule has 1 rings (SSSR count). The van der Waals surface area contributed by atoms with Crippen LogP contribution in [-0.2, 0) is 22.4 Å². The highest BCUT2D eigenvalue weighted by Crippen LogP contribution is 2.18. The minimum atomic E-state index is -0.617. The summed E-state index contributed by atoms with van der Waals surface area (Å²) in [6.45, 7) is 6.37. The van der Waals surface area contributed by atoms with Crippen molar-refractivity contribution < 1.29 is 9.53 Å². The Hall–Kier alpha value is -2.52. The van der Waals surface area contributed by atoms with E-state index in [-0.39, 0.29) is 12.3 Å². The number of esters is 1. The van der Waals surface area contributed by atoms with E-state index in [1.54, 1.807) is 13.0 Å². The van der Waals surface area contributed by atoms with Crippen molar-refractivity contribution in [3.8, 4) is 0 Å². The number of aryl methyl sites for hydroxylation is 2. The SMILES string of the molecule is CCCCCCc1ccc(/C=C/C=C(\N=[N+]=[N-])C(=O)OCC)cc1CCC. The average Bonchev–Trinajstić information content (AvgIpc) is 2.66. The van der Waals surface area contributed by atoms with Crippen LogP contribution in [0, 0.1) is 0 Å². The number of rotatable bonds is 12. The van der Waals surface area contributed by atoms with Gasteiger partial charge in [-0.3, -0.25) is 0 Å². The molecular weight excluding hydrogens is 338 g/mol. The van der Waals surface area contributed by atoms with E-state index in [2.05, 4.69) is 42.1 Å². The first-order chi connectivity index (χ1) is 13.2. The first-order valence-electron chi connectivity index (χ1n) is 9.88. The molecule has 0 heterocycles. The number of hydrogen-bond donors (Lipinski definition) is 0. The van der Waals surface area contributed by atoms with Gasteiger partial charge in [-0.2, -0.15) is 0 Å². The van der Waals surface area contributed by atoms with Crippen LogP contribution >= 0.6 is 0 Å². The molecule has 5 heteroatoms. The molecule has 146 valence electrons. The van der Waals surface area contributed by atoms with Gasteiger partial charge in [0.1, 0.15) is 5.70 Å². The molecular formula is C22H31N3O2. The van der Waals surface area contributed by atoms with Gasteiger partial charge in [-0.1, -0.05) is 75.0 Å². The van der Waals surface area contributed by atoms with Crippen molar-refractivity contribution in [1.82, 2.24) is 0 Å². The van der Waals surface area contributed by atoms with E-state index in [9.17, 15) is 4.79 Å². The Morgan fingerprint density at radius 3 is 2.59 bits per heavy atom. The summed E-state index contributed by atoms with van der Waals surface area (Å²) in [4.78, 5) is 14.4. The number of unbranched alkanes of at least 4 members (excludes halogenated alkanes) is 3. The third kappa shape index (κ3) is 8.61. The Balaban J connectivity index is 2.90. The maximum absolute atomic E-state index is 11.7. The summed E-state index contributed by atoms with van der Waals surface area (Å²) in [5.41, 5.74) is 12.4. The first-order valence-corrected chi connectivity index (χ1v) is 9.88. The highest BCUT2D eigenvalue weighted by molar-refractivity contribution is 5.88. The number of hydrogen-bond acceptors (Lipinski definition) is 3. The lowest BCUT2D eigenvalue weighted by Crippen LogP contribution is -2.05. The van der Waals surface area contributed by atoms with Crippen molar-refractivity contribution >= 4 is 12.0 Å². The van der Waals surface area contributed by atoms with Gasteiger partial charge in [-0.25, -0.2) is 4.79 Å². The standard InChI is InChI=1S/C22H31N3O2/c1-4-7-8-9-13-19-16-15-18(17-20(19)11-5-2)12-10-14-21(24-25-23)22(26)27-6-3/h10,12,14-17H,4-9,11,13H2,1-3H3/b12-10+,21-14-. The van der Waals surface area contributed by atoms with Gasteiger partial charge in [-0.05, 0) is 54.5 Å². The quantitative estimate of drug-likeness (QED) is 0.0798. The molecule has 0 atom stereocenters. The highest BCUT2D eigenvalue weighted by Gasteiger charge is 2.07. The van der Waals surface area contributed by atoms with Gasteiger partial charge < -0.3 is 4.74 Å². The molecule has 0 aliphatic rings. The molecule has 0 radical (unpaired) electrons. The minimum Gasteiger partial charge on any atom is -0.462 e. The van der Waals surface area contributed by atoms with E-state index in [0.717, 1.165) is 24.8 Å². The second-order valence-electron chi connectivity index (χ2n) is 6.41. The molecule has 1 aromatic rings. The molecule has 0 fully saturated rings. The summed E-state index contributed by atoms with van der Waals surface area (Å²) in [6, 6.07) is 6.51. The summed E-state index contributed by atoms with van der Waals surface area (Å²) >= 11 is 0. The number of allylic oxidation sites excluding steroid dienone is 2. The zero-order valence-corrected chi connectivity index (χ0v) is 16.8. The van der Waals surface area contributed by atoms with Gasteiger partial charge in [0.2, 0.25) is 0 Å². The number of azide groups is 1. The lowest BCUT2D eigenvalue weighted by Gasteiger charge is -2.10. The number of nitrogens with zero attached hydrogens (tertiary/aromatic N) is 3. The van der Waals surface area contributed by atoms with Crippen LogP contribution in [-0.4, -0.2) is 12.6 Å². The number of carbonyl (C=O) groups excluding carboxylic acids is 1. The molecule has 0 bridgehead atoms. The topological polar surface area (TPSA) is 75.1 Å². The molecule has 0 aliphatic carbocycles. The monoisotopic (exact) mass is 369 g/mol. The fourth-order valence-electron chi connectivity index (χ4n) is 2.88. The molecule has 0 amide bonds. The zero-order chi connectivity index (χ0) is 19.9. The van der Waals surface area contributed by atoms with E-state index >= 15 is 0 Å². The molecule has 27 heavy (non-hydrogen) atoms. The number of carbonyl (C=O) groups is 1. The lowest BCUT2D eigenvalue weighted by molar-refractivity contribution is -0.138.